The van der Waals surface area contributed by atoms with E-state index < -0.39 is 12.0 Å². The molecule has 0 bridgehead atoms. The predicted octanol–water partition coefficient (Wildman–Crippen LogP) is 2.14. The lowest BCUT2D eigenvalue weighted by Crippen LogP contribution is -2.33. The lowest BCUT2D eigenvalue weighted by molar-refractivity contribution is -0.124. The fraction of sp³-hybridized carbons (Fsp3) is 0.533. The van der Waals surface area contributed by atoms with Crippen LogP contribution in [0.4, 0.5) is 0 Å². The molecular formula is C15H24N2O2. The number of aryl methyl sites for hydroxylation is 1. The van der Waals surface area contributed by atoms with Crippen molar-refractivity contribution < 1.29 is 9.53 Å². The maximum Gasteiger partial charge on any atom is 0.258 e. The van der Waals surface area contributed by atoms with Crippen molar-refractivity contribution in [2.75, 3.05) is 6.54 Å². The molecule has 0 fully saturated rings. The van der Waals surface area contributed by atoms with Crippen LogP contribution in [0.2, 0.25) is 0 Å². The molecule has 0 aromatic heterocycles. The minimum atomic E-state index is -0.564. The number of para-hydroxylation sites is 1. The summed E-state index contributed by atoms with van der Waals surface area (Å²) in [5.41, 5.74) is 7.42. The van der Waals surface area contributed by atoms with Crippen LogP contribution in [0.15, 0.2) is 18.2 Å². The van der Waals surface area contributed by atoms with Gasteiger partial charge in [0.2, 0.25) is 0 Å². The van der Waals surface area contributed by atoms with E-state index in [1.165, 1.54) is 0 Å². The molecule has 0 aliphatic heterocycles. The van der Waals surface area contributed by atoms with Crippen LogP contribution in [0.3, 0.4) is 0 Å². The smallest absolute Gasteiger partial charge is 0.258 e. The highest BCUT2D eigenvalue weighted by atomic mass is 16.5. The van der Waals surface area contributed by atoms with Crippen LogP contribution in [0.1, 0.15) is 37.8 Å². The molecule has 1 atom stereocenters. The molecule has 1 aromatic rings. The molecular weight excluding hydrogens is 240 g/mol. The van der Waals surface area contributed by atoms with E-state index in [0.717, 1.165) is 36.4 Å². The van der Waals surface area contributed by atoms with E-state index >= 15 is 0 Å². The van der Waals surface area contributed by atoms with Gasteiger partial charge in [0, 0.05) is 12.1 Å². The fourth-order valence-corrected chi connectivity index (χ4v) is 1.91. The van der Waals surface area contributed by atoms with E-state index in [2.05, 4.69) is 12.2 Å². The summed E-state index contributed by atoms with van der Waals surface area (Å²) in [7, 11) is 0. The molecule has 0 saturated carbocycles. The summed E-state index contributed by atoms with van der Waals surface area (Å²) in [5.74, 6) is 0.356. The van der Waals surface area contributed by atoms with Crippen LogP contribution in [-0.2, 0) is 11.3 Å². The number of rotatable bonds is 8. The third-order valence-electron chi connectivity index (χ3n) is 2.98. The Bertz CT molecular complexity index is 419. The Morgan fingerprint density at radius 2 is 2.16 bits per heavy atom. The molecule has 1 rings (SSSR count). The molecule has 0 saturated heterocycles. The first kappa shape index (κ1) is 15.5. The minimum absolute atomic E-state index is 0.418. The van der Waals surface area contributed by atoms with E-state index in [0.29, 0.717) is 6.42 Å². The first-order valence-corrected chi connectivity index (χ1v) is 6.85. The van der Waals surface area contributed by atoms with Crippen molar-refractivity contribution in [3.8, 4) is 5.75 Å². The van der Waals surface area contributed by atoms with Crippen molar-refractivity contribution in [2.24, 2.45) is 5.73 Å². The normalized spacial score (nSPS) is 12.2. The summed E-state index contributed by atoms with van der Waals surface area (Å²) in [4.78, 5) is 11.3. The third-order valence-corrected chi connectivity index (χ3v) is 2.98. The lowest BCUT2D eigenvalue weighted by Gasteiger charge is -2.19. The highest BCUT2D eigenvalue weighted by molar-refractivity contribution is 5.79. The number of hydrogen-bond acceptors (Lipinski definition) is 3. The van der Waals surface area contributed by atoms with Gasteiger partial charge in [0.25, 0.3) is 5.91 Å². The molecule has 4 nitrogen and oxygen atoms in total. The number of carbonyl (C=O) groups excluding carboxylic acids is 1. The summed E-state index contributed by atoms with van der Waals surface area (Å²) < 4.78 is 5.80. The summed E-state index contributed by atoms with van der Waals surface area (Å²) in [6.07, 6.45) is 1.10. The Morgan fingerprint density at radius 3 is 2.74 bits per heavy atom. The first-order valence-electron chi connectivity index (χ1n) is 6.85. The monoisotopic (exact) mass is 264 g/mol. The molecule has 1 aromatic carbocycles. The second-order valence-electron chi connectivity index (χ2n) is 4.66. The van der Waals surface area contributed by atoms with Gasteiger partial charge >= 0.3 is 0 Å². The van der Waals surface area contributed by atoms with Crippen LogP contribution >= 0.6 is 0 Å². The molecule has 0 radical (unpaired) electrons. The topological polar surface area (TPSA) is 64.3 Å². The van der Waals surface area contributed by atoms with Crippen molar-refractivity contribution in [1.29, 1.82) is 0 Å². The van der Waals surface area contributed by atoms with E-state index in [4.69, 9.17) is 10.5 Å². The molecule has 0 heterocycles. The number of hydrogen-bond donors (Lipinski definition) is 2. The largest absolute Gasteiger partial charge is 0.480 e. The predicted molar refractivity (Wildman–Crippen MR) is 77.1 cm³/mol. The molecule has 0 aliphatic rings. The molecule has 19 heavy (non-hydrogen) atoms. The van der Waals surface area contributed by atoms with Gasteiger partial charge in [0.15, 0.2) is 6.10 Å². The summed E-state index contributed by atoms with van der Waals surface area (Å²) >= 11 is 0. The number of ether oxygens (including phenoxy) is 1. The number of carbonyl (C=O) groups is 1. The van der Waals surface area contributed by atoms with Gasteiger partial charge in [-0.15, -0.1) is 0 Å². The highest BCUT2D eigenvalue weighted by Crippen LogP contribution is 2.25. The van der Waals surface area contributed by atoms with Crippen molar-refractivity contribution in [2.45, 2.75) is 46.3 Å². The van der Waals surface area contributed by atoms with Crippen LogP contribution in [0, 0.1) is 6.92 Å². The molecule has 1 unspecified atom stereocenters. The number of nitrogens with one attached hydrogen (secondary N) is 1. The van der Waals surface area contributed by atoms with Gasteiger partial charge in [-0.3, -0.25) is 4.79 Å². The first-order chi connectivity index (χ1) is 9.10. The minimum Gasteiger partial charge on any atom is -0.480 e. The standard InChI is InChI=1S/C15H24N2O2/c1-4-9-17-10-12-8-6-7-11(3)14(12)19-13(5-2)15(16)18/h6-8,13,17H,4-5,9-10H2,1-3H3,(H2,16,18). The Balaban J connectivity index is 2.87. The van der Waals surface area contributed by atoms with Crippen LogP contribution in [-0.4, -0.2) is 18.6 Å². The summed E-state index contributed by atoms with van der Waals surface area (Å²) in [5, 5.41) is 3.34. The third kappa shape index (κ3) is 4.56. The quantitative estimate of drug-likeness (QED) is 0.707. The SMILES string of the molecule is CCCNCc1cccc(C)c1OC(CC)C(N)=O. The Labute approximate surface area is 115 Å². The zero-order valence-electron chi connectivity index (χ0n) is 12.0. The van der Waals surface area contributed by atoms with Crippen molar-refractivity contribution in [3.05, 3.63) is 29.3 Å². The molecule has 0 aliphatic carbocycles. The maximum absolute atomic E-state index is 11.3. The lowest BCUT2D eigenvalue weighted by atomic mass is 10.1. The van der Waals surface area contributed by atoms with Gasteiger partial charge in [-0.2, -0.15) is 0 Å². The molecule has 3 N–H and O–H groups in total. The van der Waals surface area contributed by atoms with Gasteiger partial charge in [-0.05, 0) is 31.9 Å². The van der Waals surface area contributed by atoms with Crippen LogP contribution in [0.5, 0.6) is 5.75 Å². The number of primary amides is 1. The zero-order chi connectivity index (χ0) is 14.3. The van der Waals surface area contributed by atoms with E-state index in [-0.39, 0.29) is 0 Å². The number of nitrogens with two attached hydrogens (primary N) is 1. The number of amides is 1. The summed E-state index contributed by atoms with van der Waals surface area (Å²) in [6, 6.07) is 5.99. The fourth-order valence-electron chi connectivity index (χ4n) is 1.91. The van der Waals surface area contributed by atoms with Crippen molar-refractivity contribution in [1.82, 2.24) is 5.32 Å². The highest BCUT2D eigenvalue weighted by Gasteiger charge is 2.17. The van der Waals surface area contributed by atoms with Crippen LogP contribution < -0.4 is 15.8 Å². The Morgan fingerprint density at radius 1 is 1.42 bits per heavy atom. The van der Waals surface area contributed by atoms with E-state index in [9.17, 15) is 4.79 Å². The van der Waals surface area contributed by atoms with Gasteiger partial charge in [-0.1, -0.05) is 32.0 Å². The van der Waals surface area contributed by atoms with Crippen molar-refractivity contribution in [3.63, 3.8) is 0 Å². The van der Waals surface area contributed by atoms with E-state index in [1.54, 1.807) is 0 Å². The van der Waals surface area contributed by atoms with Gasteiger partial charge in [0.05, 0.1) is 0 Å². The Kier molecular flexibility index (Phi) is 6.36. The average molecular weight is 264 g/mol. The van der Waals surface area contributed by atoms with Gasteiger partial charge in [-0.25, -0.2) is 0 Å². The Hall–Kier alpha value is -1.55. The second-order valence-corrected chi connectivity index (χ2v) is 4.66. The zero-order valence-corrected chi connectivity index (χ0v) is 12.0. The second kappa shape index (κ2) is 7.79. The average Bonchev–Trinajstić information content (AvgIpc) is 2.38. The van der Waals surface area contributed by atoms with Gasteiger partial charge < -0.3 is 15.8 Å². The molecule has 106 valence electrons. The van der Waals surface area contributed by atoms with Gasteiger partial charge in [0.1, 0.15) is 5.75 Å². The van der Waals surface area contributed by atoms with Crippen LogP contribution in [0.25, 0.3) is 0 Å². The summed E-state index contributed by atoms with van der Waals surface area (Å²) in [6.45, 7) is 7.69. The number of benzene rings is 1. The van der Waals surface area contributed by atoms with E-state index in [1.807, 2.05) is 32.0 Å². The molecule has 1 amide bonds. The van der Waals surface area contributed by atoms with Crippen molar-refractivity contribution >= 4 is 5.91 Å². The maximum atomic E-state index is 11.3. The molecule has 0 spiro atoms. The molecule has 4 heteroatoms.